The number of benzene rings is 1. The Hall–Kier alpha value is -2.37. The van der Waals surface area contributed by atoms with Crippen LogP contribution in [0.1, 0.15) is 30.6 Å². The molecule has 1 N–H and O–H groups in total. The molecule has 1 amide bonds. The van der Waals surface area contributed by atoms with E-state index in [-0.39, 0.29) is 18.5 Å². The van der Waals surface area contributed by atoms with Crippen molar-refractivity contribution in [1.82, 2.24) is 0 Å². The second-order valence-corrected chi connectivity index (χ2v) is 5.27. The molecule has 1 aliphatic carbocycles. The average molecular weight is 305 g/mol. The first-order chi connectivity index (χ1) is 10.5. The van der Waals surface area contributed by atoms with Crippen LogP contribution in [0.4, 0.5) is 5.69 Å². The molecule has 1 saturated carbocycles. The molecule has 1 aliphatic rings. The van der Waals surface area contributed by atoms with Crippen LogP contribution in [0.2, 0.25) is 0 Å². The molecule has 118 valence electrons. The van der Waals surface area contributed by atoms with Crippen LogP contribution in [-0.4, -0.2) is 31.1 Å². The third-order valence-corrected chi connectivity index (χ3v) is 3.44. The van der Waals surface area contributed by atoms with E-state index < -0.39 is 11.9 Å². The first-order valence-corrected chi connectivity index (χ1v) is 7.25. The lowest BCUT2D eigenvalue weighted by Gasteiger charge is -2.07. The molecule has 0 bridgehead atoms. The standard InChI is InChI=1S/C16H19NO5/c1-3-21-15(19)11-4-6-12(7-5-11)17-14(18)9-22-16(20)13-8-10(13)2/h4-7,10,13H,3,8-9H2,1-2H3,(H,17,18)/t10-,13-/m0/s1. The van der Waals surface area contributed by atoms with Gasteiger partial charge in [-0.25, -0.2) is 4.79 Å². The van der Waals surface area contributed by atoms with Crippen LogP contribution >= 0.6 is 0 Å². The van der Waals surface area contributed by atoms with E-state index in [0.717, 1.165) is 6.42 Å². The van der Waals surface area contributed by atoms with Crippen molar-refractivity contribution >= 4 is 23.5 Å². The van der Waals surface area contributed by atoms with E-state index in [1.807, 2.05) is 6.92 Å². The summed E-state index contributed by atoms with van der Waals surface area (Å²) >= 11 is 0. The van der Waals surface area contributed by atoms with Crippen LogP contribution in [0.25, 0.3) is 0 Å². The Bertz CT molecular complexity index is 566. The van der Waals surface area contributed by atoms with Crippen molar-refractivity contribution < 1.29 is 23.9 Å². The van der Waals surface area contributed by atoms with Gasteiger partial charge in [0, 0.05) is 5.69 Å². The predicted octanol–water partition coefficient (Wildman–Crippen LogP) is 2.00. The molecule has 0 heterocycles. The van der Waals surface area contributed by atoms with Crippen LogP contribution in [-0.2, 0) is 19.1 Å². The molecule has 0 saturated heterocycles. The zero-order valence-electron chi connectivity index (χ0n) is 12.6. The summed E-state index contributed by atoms with van der Waals surface area (Å²) in [6.07, 6.45) is 0.829. The van der Waals surface area contributed by atoms with Crippen LogP contribution in [0.5, 0.6) is 0 Å². The number of esters is 2. The summed E-state index contributed by atoms with van der Waals surface area (Å²) in [5.74, 6) is -0.846. The maximum Gasteiger partial charge on any atom is 0.338 e. The fourth-order valence-electron chi connectivity index (χ4n) is 2.00. The summed E-state index contributed by atoms with van der Waals surface area (Å²) in [4.78, 5) is 34.7. The molecule has 2 rings (SSSR count). The number of anilines is 1. The molecule has 6 nitrogen and oxygen atoms in total. The van der Waals surface area contributed by atoms with Gasteiger partial charge < -0.3 is 14.8 Å². The minimum atomic E-state index is -0.412. The SMILES string of the molecule is CCOC(=O)c1ccc(NC(=O)COC(=O)[C@H]2C[C@@H]2C)cc1. The highest BCUT2D eigenvalue weighted by atomic mass is 16.5. The Labute approximate surface area is 128 Å². The number of carbonyl (C=O) groups is 3. The van der Waals surface area contributed by atoms with Gasteiger partial charge in [-0.1, -0.05) is 6.92 Å². The van der Waals surface area contributed by atoms with E-state index in [2.05, 4.69) is 5.32 Å². The van der Waals surface area contributed by atoms with Gasteiger partial charge in [0.15, 0.2) is 6.61 Å². The number of nitrogens with one attached hydrogen (secondary N) is 1. The van der Waals surface area contributed by atoms with Crippen molar-refractivity contribution in [3.05, 3.63) is 29.8 Å². The summed E-state index contributed by atoms with van der Waals surface area (Å²) in [7, 11) is 0. The summed E-state index contributed by atoms with van der Waals surface area (Å²) in [5, 5.41) is 2.60. The molecule has 6 heteroatoms. The molecule has 1 aromatic rings. The maximum absolute atomic E-state index is 11.7. The Kier molecular flexibility index (Phi) is 5.14. The fourth-order valence-corrected chi connectivity index (χ4v) is 2.00. The van der Waals surface area contributed by atoms with Gasteiger partial charge in [-0.2, -0.15) is 0 Å². The van der Waals surface area contributed by atoms with E-state index in [1.165, 1.54) is 0 Å². The molecule has 0 aliphatic heterocycles. The number of ether oxygens (including phenoxy) is 2. The van der Waals surface area contributed by atoms with Gasteiger partial charge in [-0.15, -0.1) is 0 Å². The number of hydrogen-bond acceptors (Lipinski definition) is 5. The lowest BCUT2D eigenvalue weighted by atomic mass is 10.2. The normalized spacial score (nSPS) is 19.2. The first kappa shape index (κ1) is 16.0. The van der Waals surface area contributed by atoms with Gasteiger partial charge in [0.2, 0.25) is 0 Å². The zero-order chi connectivity index (χ0) is 16.1. The molecule has 22 heavy (non-hydrogen) atoms. The molecular formula is C16H19NO5. The predicted molar refractivity (Wildman–Crippen MR) is 79.3 cm³/mol. The molecule has 1 aromatic carbocycles. The lowest BCUT2D eigenvalue weighted by molar-refractivity contribution is -0.148. The van der Waals surface area contributed by atoms with Crippen molar-refractivity contribution in [1.29, 1.82) is 0 Å². The molecule has 0 spiro atoms. The number of hydrogen-bond donors (Lipinski definition) is 1. The highest BCUT2D eigenvalue weighted by Gasteiger charge is 2.40. The Morgan fingerprint density at radius 1 is 1.18 bits per heavy atom. The third kappa shape index (κ3) is 4.31. The summed E-state index contributed by atoms with van der Waals surface area (Å²) in [6, 6.07) is 6.31. The fraction of sp³-hybridized carbons (Fsp3) is 0.438. The van der Waals surface area contributed by atoms with Crippen LogP contribution in [0.15, 0.2) is 24.3 Å². The third-order valence-electron chi connectivity index (χ3n) is 3.44. The van der Waals surface area contributed by atoms with Crippen molar-refractivity contribution in [2.75, 3.05) is 18.5 Å². The van der Waals surface area contributed by atoms with E-state index in [4.69, 9.17) is 9.47 Å². The van der Waals surface area contributed by atoms with Crippen molar-refractivity contribution in [2.45, 2.75) is 20.3 Å². The first-order valence-electron chi connectivity index (χ1n) is 7.25. The molecule has 1 fully saturated rings. The van der Waals surface area contributed by atoms with Gasteiger partial charge in [-0.3, -0.25) is 9.59 Å². The topological polar surface area (TPSA) is 81.7 Å². The van der Waals surface area contributed by atoms with E-state index >= 15 is 0 Å². The smallest absolute Gasteiger partial charge is 0.338 e. The van der Waals surface area contributed by atoms with E-state index in [1.54, 1.807) is 31.2 Å². The van der Waals surface area contributed by atoms with Crippen molar-refractivity contribution in [3.63, 3.8) is 0 Å². The molecular weight excluding hydrogens is 286 g/mol. The van der Waals surface area contributed by atoms with Gasteiger partial charge in [0.05, 0.1) is 18.1 Å². The Morgan fingerprint density at radius 3 is 2.36 bits per heavy atom. The van der Waals surface area contributed by atoms with E-state index in [9.17, 15) is 14.4 Å². The quantitative estimate of drug-likeness (QED) is 0.813. The number of amides is 1. The molecule has 0 radical (unpaired) electrons. The van der Waals surface area contributed by atoms with Crippen molar-refractivity contribution in [3.8, 4) is 0 Å². The monoisotopic (exact) mass is 305 g/mol. The van der Waals surface area contributed by atoms with Gasteiger partial charge in [0.25, 0.3) is 5.91 Å². The Balaban J connectivity index is 1.79. The molecule has 2 atom stereocenters. The second-order valence-electron chi connectivity index (χ2n) is 5.27. The van der Waals surface area contributed by atoms with E-state index in [0.29, 0.717) is 23.8 Å². The lowest BCUT2D eigenvalue weighted by Crippen LogP contribution is -2.21. The zero-order valence-corrected chi connectivity index (χ0v) is 12.6. The second kappa shape index (κ2) is 7.06. The van der Waals surface area contributed by atoms with Crippen molar-refractivity contribution in [2.24, 2.45) is 11.8 Å². The highest BCUT2D eigenvalue weighted by molar-refractivity contribution is 5.94. The Morgan fingerprint density at radius 2 is 1.82 bits per heavy atom. The maximum atomic E-state index is 11.7. The largest absolute Gasteiger partial charge is 0.462 e. The van der Waals surface area contributed by atoms with Gasteiger partial charge >= 0.3 is 11.9 Å². The number of carbonyl (C=O) groups excluding carboxylic acids is 3. The van der Waals surface area contributed by atoms with Crippen LogP contribution < -0.4 is 5.32 Å². The van der Waals surface area contributed by atoms with Crippen LogP contribution in [0.3, 0.4) is 0 Å². The molecule has 0 unspecified atom stereocenters. The molecule has 0 aromatic heterocycles. The summed E-state index contributed by atoms with van der Waals surface area (Å²) in [6.45, 7) is 3.71. The highest BCUT2D eigenvalue weighted by Crippen LogP contribution is 2.38. The summed E-state index contributed by atoms with van der Waals surface area (Å²) in [5.41, 5.74) is 0.933. The van der Waals surface area contributed by atoms with Gasteiger partial charge in [-0.05, 0) is 43.5 Å². The van der Waals surface area contributed by atoms with Gasteiger partial charge in [0.1, 0.15) is 0 Å². The minimum absolute atomic E-state index is 0.0586. The average Bonchev–Trinajstić information content (AvgIpc) is 3.23. The summed E-state index contributed by atoms with van der Waals surface area (Å²) < 4.78 is 9.81. The number of rotatable bonds is 6. The minimum Gasteiger partial charge on any atom is -0.462 e. The van der Waals surface area contributed by atoms with Crippen LogP contribution in [0, 0.1) is 11.8 Å².